The highest BCUT2D eigenvalue weighted by Crippen LogP contribution is 2.38. The molecule has 0 aliphatic heterocycles. The Morgan fingerprint density at radius 2 is 0.740 bits per heavy atom. The maximum Gasteiger partial charge on any atom is 0.306 e. The van der Waals surface area contributed by atoms with Crippen LogP contribution in [0.2, 0.25) is 0 Å². The van der Waals surface area contributed by atoms with Gasteiger partial charge in [0.25, 0.3) is 7.82 Å². The number of carbonyl (C=O) groups excluding carboxylic acids is 2. The molecule has 0 aromatic heterocycles. The fourth-order valence-corrected chi connectivity index (χ4v) is 9.54. The van der Waals surface area contributed by atoms with Crippen molar-refractivity contribution in [2.24, 2.45) is 0 Å². The van der Waals surface area contributed by atoms with Crippen molar-refractivity contribution in [1.82, 2.24) is 0 Å². The molecular weight excluding hydrogens is 978 g/mol. The highest BCUT2D eigenvalue weighted by Gasteiger charge is 2.22. The van der Waals surface area contributed by atoms with Gasteiger partial charge in [-0.25, -0.2) is 0 Å². The van der Waals surface area contributed by atoms with Gasteiger partial charge in [-0.05, 0) is 70.6 Å². The second-order valence-corrected chi connectivity index (χ2v) is 23.8. The summed E-state index contributed by atoms with van der Waals surface area (Å²) >= 11 is 0. The van der Waals surface area contributed by atoms with Crippen LogP contribution in [0.25, 0.3) is 0 Å². The van der Waals surface area contributed by atoms with E-state index < -0.39 is 26.5 Å². The van der Waals surface area contributed by atoms with Crippen LogP contribution in [0.4, 0.5) is 0 Å². The van der Waals surface area contributed by atoms with E-state index in [1.165, 1.54) is 148 Å². The number of carbonyl (C=O) groups is 2. The number of hydrogen-bond acceptors (Lipinski definition) is 8. The maximum absolute atomic E-state index is 12.8. The average Bonchev–Trinajstić information content (AvgIpc) is 3.39. The van der Waals surface area contributed by atoms with Crippen LogP contribution < -0.4 is 4.89 Å². The molecule has 0 aliphatic rings. The number of allylic oxidation sites excluding steroid dienone is 14. The highest BCUT2D eigenvalue weighted by molar-refractivity contribution is 7.45. The molecule has 0 aromatic rings. The van der Waals surface area contributed by atoms with E-state index in [-0.39, 0.29) is 32.0 Å². The summed E-state index contributed by atoms with van der Waals surface area (Å²) in [5.41, 5.74) is 0. The molecule has 0 aromatic carbocycles. The molecule has 10 heteroatoms. The Kier molecular flexibility index (Phi) is 55.8. The second-order valence-electron chi connectivity index (χ2n) is 22.4. The minimum Gasteiger partial charge on any atom is -0.756 e. The number of nitrogens with zero attached hydrogens (tertiary/aromatic N) is 1. The third-order valence-corrected chi connectivity index (χ3v) is 14.6. The van der Waals surface area contributed by atoms with E-state index in [4.69, 9.17) is 18.5 Å². The summed E-state index contributed by atoms with van der Waals surface area (Å²) in [6.07, 6.45) is 77.9. The Morgan fingerprint density at radius 1 is 0.416 bits per heavy atom. The lowest BCUT2D eigenvalue weighted by molar-refractivity contribution is -0.870. The fraction of sp³-hybridized carbons (Fsp3) is 0.761. The van der Waals surface area contributed by atoms with E-state index >= 15 is 0 Å². The smallest absolute Gasteiger partial charge is 0.306 e. The number of ether oxygens (including phenoxy) is 2. The summed E-state index contributed by atoms with van der Waals surface area (Å²) in [5.74, 6) is -0.850. The SMILES string of the molecule is CC/C=C\C/C=C\C/C=C\C/C=C\C/C=C\C/C=C\C/C=C\CCCCCCCC(=O)OC(COC(=O)CCCCCCCCCCCCCCCCCCCCCCCCCCCC)COP(=O)([O-])OCC[N+](C)(C)C. The van der Waals surface area contributed by atoms with E-state index in [1.54, 1.807) is 0 Å². The molecule has 77 heavy (non-hydrogen) atoms. The number of esters is 2. The lowest BCUT2D eigenvalue weighted by Gasteiger charge is -2.28. The molecule has 9 nitrogen and oxygen atoms in total. The predicted molar refractivity (Wildman–Crippen MR) is 328 cm³/mol. The first kappa shape index (κ1) is 74.2. The van der Waals surface area contributed by atoms with Crippen LogP contribution in [0, 0.1) is 0 Å². The van der Waals surface area contributed by atoms with E-state index in [0.717, 1.165) is 96.3 Å². The largest absolute Gasteiger partial charge is 0.756 e. The zero-order valence-electron chi connectivity index (χ0n) is 50.6. The number of likely N-dealkylation sites (N-methyl/N-ethyl adjacent to an activating group) is 1. The summed E-state index contributed by atoms with van der Waals surface area (Å²) < 4.78 is 34.2. The third-order valence-electron chi connectivity index (χ3n) is 13.7. The molecule has 0 fully saturated rings. The van der Waals surface area contributed by atoms with Gasteiger partial charge >= 0.3 is 11.9 Å². The van der Waals surface area contributed by atoms with Crippen molar-refractivity contribution in [1.29, 1.82) is 0 Å². The van der Waals surface area contributed by atoms with Gasteiger partial charge in [0.1, 0.15) is 19.8 Å². The summed E-state index contributed by atoms with van der Waals surface area (Å²) in [5, 5.41) is 0. The Balaban J connectivity index is 4.16. The molecule has 0 heterocycles. The predicted octanol–water partition coefficient (Wildman–Crippen LogP) is 19.6. The van der Waals surface area contributed by atoms with E-state index in [1.807, 2.05) is 21.1 Å². The van der Waals surface area contributed by atoms with Crippen LogP contribution in [-0.2, 0) is 32.7 Å². The summed E-state index contributed by atoms with van der Waals surface area (Å²) in [7, 11) is 1.15. The van der Waals surface area contributed by atoms with Crippen LogP contribution in [0.1, 0.15) is 277 Å². The van der Waals surface area contributed by atoms with E-state index in [9.17, 15) is 19.0 Å². The second kappa shape index (κ2) is 57.9. The number of unbranched alkanes of at least 4 members (excludes halogenated alkanes) is 30. The molecule has 0 spiro atoms. The quantitative estimate of drug-likeness (QED) is 0.0195. The molecule has 0 radical (unpaired) electrons. The molecule has 446 valence electrons. The van der Waals surface area contributed by atoms with Gasteiger partial charge in [-0.2, -0.15) is 0 Å². The lowest BCUT2D eigenvalue weighted by Crippen LogP contribution is -2.37. The third kappa shape index (κ3) is 62.3. The molecule has 0 saturated carbocycles. The number of hydrogen-bond donors (Lipinski definition) is 0. The molecule has 0 aliphatic carbocycles. The molecule has 0 N–H and O–H groups in total. The van der Waals surface area contributed by atoms with Gasteiger partial charge in [0.05, 0.1) is 27.7 Å². The van der Waals surface area contributed by atoms with Crippen molar-refractivity contribution in [3.05, 3.63) is 85.1 Å². The summed E-state index contributed by atoms with van der Waals surface area (Å²) in [6, 6.07) is 0. The topological polar surface area (TPSA) is 111 Å². The van der Waals surface area contributed by atoms with Crippen molar-refractivity contribution in [2.75, 3.05) is 47.5 Å². The standard InChI is InChI=1S/C67H120NO8P/c1-6-8-10-12-14-16-18-20-22-24-26-28-30-32-34-36-38-40-42-44-46-48-50-52-54-56-58-60-67(70)76-65(64-75-77(71,72)74-62-61-68(3,4)5)63-73-66(69)59-57-55-53-51-49-47-45-43-41-39-37-35-33-31-29-27-25-23-21-19-17-15-13-11-9-7-2/h8,10,14,16,20,22,26,28,32,34,38,40,44,46,65H,6-7,9,11-13,15,17-19,21,23-25,27,29-31,33,35-37,39,41-43,45,47-64H2,1-5H3/b10-8-,16-14-,22-20-,28-26-,34-32-,40-38-,46-44-. The van der Waals surface area contributed by atoms with Crippen molar-refractivity contribution in [2.45, 2.75) is 283 Å². The summed E-state index contributed by atoms with van der Waals surface area (Å²) in [4.78, 5) is 38.0. The minimum atomic E-state index is -4.65. The van der Waals surface area contributed by atoms with Gasteiger partial charge in [-0.3, -0.25) is 14.2 Å². The molecule has 0 amide bonds. The minimum absolute atomic E-state index is 0.0377. The van der Waals surface area contributed by atoms with E-state index in [0.29, 0.717) is 17.4 Å². The van der Waals surface area contributed by atoms with Crippen LogP contribution in [0.3, 0.4) is 0 Å². The molecule has 0 bridgehead atoms. The zero-order chi connectivity index (χ0) is 56.3. The van der Waals surface area contributed by atoms with Gasteiger partial charge in [0, 0.05) is 12.8 Å². The Morgan fingerprint density at radius 3 is 1.10 bits per heavy atom. The molecular formula is C67H120NO8P. The molecule has 0 saturated heterocycles. The van der Waals surface area contributed by atoms with Crippen molar-refractivity contribution in [3.63, 3.8) is 0 Å². The van der Waals surface area contributed by atoms with E-state index in [2.05, 4.69) is 98.9 Å². The van der Waals surface area contributed by atoms with Gasteiger partial charge in [-0.1, -0.05) is 279 Å². The van der Waals surface area contributed by atoms with Gasteiger partial charge < -0.3 is 27.9 Å². The number of quaternary nitrogens is 1. The first-order valence-corrected chi connectivity index (χ1v) is 33.3. The maximum atomic E-state index is 12.8. The van der Waals surface area contributed by atoms with Gasteiger partial charge in [0.15, 0.2) is 6.10 Å². The molecule has 2 unspecified atom stereocenters. The Hall–Kier alpha value is -2.81. The normalized spacial score (nSPS) is 13.8. The van der Waals surface area contributed by atoms with Crippen LogP contribution in [0.5, 0.6) is 0 Å². The van der Waals surface area contributed by atoms with Crippen molar-refractivity contribution < 1.29 is 42.1 Å². The number of phosphoric acid groups is 1. The first-order chi connectivity index (χ1) is 37.5. The van der Waals surface area contributed by atoms with Crippen molar-refractivity contribution >= 4 is 19.8 Å². The van der Waals surface area contributed by atoms with Crippen molar-refractivity contribution in [3.8, 4) is 0 Å². The van der Waals surface area contributed by atoms with Crippen LogP contribution in [-0.4, -0.2) is 70.0 Å². The fourth-order valence-electron chi connectivity index (χ4n) is 8.81. The molecule has 0 rings (SSSR count). The summed E-state index contributed by atoms with van der Waals surface area (Å²) in [6.45, 7) is 4.13. The number of phosphoric ester groups is 1. The molecule has 2 atom stereocenters. The highest BCUT2D eigenvalue weighted by atomic mass is 31.2. The lowest BCUT2D eigenvalue weighted by atomic mass is 10.0. The zero-order valence-corrected chi connectivity index (χ0v) is 51.5. The van der Waals surface area contributed by atoms with Gasteiger partial charge in [-0.15, -0.1) is 0 Å². The van der Waals surface area contributed by atoms with Gasteiger partial charge in [0.2, 0.25) is 0 Å². The average molecular weight is 1100 g/mol. The van der Waals surface area contributed by atoms with Crippen LogP contribution in [0.15, 0.2) is 85.1 Å². The Labute approximate surface area is 475 Å². The Bertz CT molecular complexity index is 1580. The van der Waals surface area contributed by atoms with Crippen LogP contribution >= 0.6 is 7.82 Å². The monoisotopic (exact) mass is 1100 g/mol. The first-order valence-electron chi connectivity index (χ1n) is 31.8. The number of rotatable bonds is 58.